The number of halogens is 6. The molecule has 322 valence electrons. The monoisotopic (exact) mass is 1490 g/mol. The molecule has 0 saturated heterocycles. The van der Waals surface area contributed by atoms with E-state index in [1.165, 1.54) is 23.6 Å². The van der Waals surface area contributed by atoms with Gasteiger partial charge in [-0.2, -0.15) is 0 Å². The van der Waals surface area contributed by atoms with Crippen LogP contribution in [0.2, 0.25) is 0 Å². The van der Waals surface area contributed by atoms with Gasteiger partial charge in [0.2, 0.25) is 11.8 Å². The van der Waals surface area contributed by atoms with Gasteiger partial charge >= 0.3 is 0 Å². The van der Waals surface area contributed by atoms with Crippen molar-refractivity contribution in [1.82, 2.24) is 0 Å². The van der Waals surface area contributed by atoms with Crippen molar-refractivity contribution in [2.75, 3.05) is 49.3 Å². The lowest BCUT2D eigenvalue weighted by molar-refractivity contribution is -0.117. The first-order chi connectivity index (χ1) is 27.2. The molecule has 0 aliphatic rings. The third-order valence-corrected chi connectivity index (χ3v) is 15.1. The molecule has 2 rings (SSSR count). The quantitative estimate of drug-likeness (QED) is 0.0561. The summed E-state index contributed by atoms with van der Waals surface area (Å²) in [5, 5.41) is 69.1. The first kappa shape index (κ1) is 54.3. The molecule has 2 amide bonds. The highest BCUT2D eigenvalue weighted by molar-refractivity contribution is 14.1. The molecule has 0 spiro atoms. The van der Waals surface area contributed by atoms with Gasteiger partial charge < -0.3 is 45.5 Å². The Labute approximate surface area is 417 Å². The molecule has 2 atom stereocenters. The normalized spacial score (nSPS) is 12.9. The molecule has 58 heavy (non-hydrogen) atoms. The summed E-state index contributed by atoms with van der Waals surface area (Å²) in [4.78, 5) is 83.9. The maximum atomic E-state index is 13.7. The molecule has 2 unspecified atom stereocenters. The van der Waals surface area contributed by atoms with Crippen molar-refractivity contribution in [2.45, 2.75) is 83.5 Å². The minimum absolute atomic E-state index is 0.0695. The molecular formula is C37H44I6N2O13. The fourth-order valence-corrected chi connectivity index (χ4v) is 15.6. The fraction of sp³-hybridized carbons (Fsp3) is 0.514. The molecule has 7 N–H and O–H groups in total. The van der Waals surface area contributed by atoms with E-state index in [0.717, 1.165) is 0 Å². The van der Waals surface area contributed by atoms with Crippen LogP contribution in [0, 0.1) is 21.4 Å². The second kappa shape index (κ2) is 26.1. The number of aliphatic hydroxyl groups excluding tert-OH is 7. The molecule has 0 radical (unpaired) electrons. The van der Waals surface area contributed by atoms with Gasteiger partial charge in [0.25, 0.3) is 0 Å². The van der Waals surface area contributed by atoms with Crippen LogP contribution in [-0.4, -0.2) is 129 Å². The van der Waals surface area contributed by atoms with Crippen LogP contribution in [-0.2, 0) is 9.59 Å². The zero-order valence-corrected chi connectivity index (χ0v) is 44.3. The Hall–Kier alpha value is 0.160. The number of hydrogen-bond donors (Lipinski definition) is 7. The smallest absolute Gasteiger partial charge is 0.224 e. The van der Waals surface area contributed by atoms with Gasteiger partial charge in [-0.25, -0.2) is 0 Å². The van der Waals surface area contributed by atoms with Gasteiger partial charge in [-0.05, 0) is 161 Å². The summed E-state index contributed by atoms with van der Waals surface area (Å²) in [6.07, 6.45) is -4.23. The van der Waals surface area contributed by atoms with Gasteiger partial charge in [-0.1, -0.05) is 0 Å². The van der Waals surface area contributed by atoms with Gasteiger partial charge in [0, 0.05) is 96.4 Å². The zero-order chi connectivity index (χ0) is 44.2. The molecule has 15 nitrogen and oxygen atoms in total. The molecule has 0 saturated carbocycles. The Morgan fingerprint density at radius 3 is 0.983 bits per heavy atom. The van der Waals surface area contributed by atoms with Crippen LogP contribution in [0.4, 0.5) is 11.4 Å². The first-order valence-electron chi connectivity index (χ1n) is 17.8. The summed E-state index contributed by atoms with van der Waals surface area (Å²) in [5.74, 6) is -2.90. The number of anilines is 2. The van der Waals surface area contributed by atoms with E-state index in [4.69, 9.17) is 0 Å². The van der Waals surface area contributed by atoms with Crippen LogP contribution in [0.25, 0.3) is 0 Å². The molecule has 0 fully saturated rings. The minimum Gasteiger partial charge on any atom is -0.396 e. The van der Waals surface area contributed by atoms with Crippen LogP contribution in [0.15, 0.2) is 0 Å². The van der Waals surface area contributed by atoms with Crippen LogP contribution in [0.3, 0.4) is 0 Å². The third kappa shape index (κ3) is 14.1. The third-order valence-electron chi connectivity index (χ3n) is 8.74. The molecule has 2 aromatic carbocycles. The van der Waals surface area contributed by atoms with Gasteiger partial charge in [0.15, 0.2) is 23.1 Å². The molecule has 0 aliphatic heterocycles. The van der Waals surface area contributed by atoms with E-state index in [1.807, 2.05) is 136 Å². The average Bonchev–Trinajstić information content (AvgIpc) is 3.16. The molecule has 0 aliphatic carbocycles. The summed E-state index contributed by atoms with van der Waals surface area (Å²) in [6.45, 7) is -0.0941. The lowest BCUT2D eigenvalue weighted by Gasteiger charge is -2.32. The second-order valence-corrected chi connectivity index (χ2v) is 19.6. The number of ketones is 4. The van der Waals surface area contributed by atoms with Crippen LogP contribution < -0.4 is 9.80 Å². The number of aliphatic hydroxyl groups is 7. The van der Waals surface area contributed by atoms with Gasteiger partial charge in [-0.15, -0.1) is 0 Å². The van der Waals surface area contributed by atoms with E-state index in [1.54, 1.807) is 0 Å². The van der Waals surface area contributed by atoms with Crippen LogP contribution >= 0.6 is 136 Å². The lowest BCUT2D eigenvalue weighted by atomic mass is 9.97. The lowest BCUT2D eigenvalue weighted by Crippen LogP contribution is -2.45. The maximum absolute atomic E-state index is 13.7. The van der Waals surface area contributed by atoms with Gasteiger partial charge in [0.1, 0.15) is 0 Å². The van der Waals surface area contributed by atoms with Crippen molar-refractivity contribution < 1.29 is 64.5 Å². The highest BCUT2D eigenvalue weighted by Gasteiger charge is 2.35. The number of hydrogen-bond acceptors (Lipinski definition) is 13. The number of rotatable bonds is 24. The summed E-state index contributed by atoms with van der Waals surface area (Å²) < 4.78 is 1.76. The second-order valence-electron chi connectivity index (χ2n) is 13.1. The molecule has 2 aromatic rings. The zero-order valence-electron chi connectivity index (χ0n) is 31.4. The van der Waals surface area contributed by atoms with Crippen LogP contribution in [0.1, 0.15) is 107 Å². The number of carbonyl (C=O) groups excluding carboxylic acids is 6. The number of amides is 2. The Bertz CT molecular complexity index is 1750. The van der Waals surface area contributed by atoms with Crippen molar-refractivity contribution in [1.29, 1.82) is 0 Å². The number of benzene rings is 2. The molecule has 0 heterocycles. The molecule has 0 bridgehead atoms. The highest BCUT2D eigenvalue weighted by atomic mass is 127. The van der Waals surface area contributed by atoms with Crippen molar-refractivity contribution in [3.05, 3.63) is 43.7 Å². The Morgan fingerprint density at radius 1 is 0.466 bits per heavy atom. The standard InChI is InChI=1S/C37H44I6N2O13/c1-17(50)44(36-32(40)26(22(55)5-3-11-46)30(38)28(34(36)42)24(57)9-7-19(52)15-48)13-21(54)14-45(18(2)51)37-33(41)27(23(56)6-4-12-47)31(39)29(35(37)43)25(58)10-8-20(53)16-49/h19-21,46-49,52-54H,3-16H2,1-2H3. The van der Waals surface area contributed by atoms with Crippen molar-refractivity contribution in [2.24, 2.45) is 0 Å². The SMILES string of the molecule is CC(=O)N(CC(O)CN(C(C)=O)c1c(I)c(C(=O)CCCO)c(I)c(C(=O)CCC(O)CO)c1I)c1c(I)c(C(=O)CCCO)c(I)c(C(=O)CCC(O)CO)c1I. The molecule has 21 heteroatoms. The number of carbonyl (C=O) groups is 6. The summed E-state index contributed by atoms with van der Waals surface area (Å²) in [6, 6.07) is 0. The first-order valence-corrected chi connectivity index (χ1v) is 24.3. The largest absolute Gasteiger partial charge is 0.396 e. The average molecular weight is 1490 g/mol. The molecule has 0 aromatic heterocycles. The van der Waals surface area contributed by atoms with E-state index >= 15 is 0 Å². The summed E-state index contributed by atoms with van der Waals surface area (Å²) in [7, 11) is 0. The minimum atomic E-state index is -1.50. The Kier molecular flexibility index (Phi) is 24.4. The van der Waals surface area contributed by atoms with E-state index < -0.39 is 79.6 Å². The van der Waals surface area contributed by atoms with Crippen LogP contribution in [0.5, 0.6) is 0 Å². The Balaban J connectivity index is 2.82. The number of Topliss-reactive ketones (excluding diaryl/α,β-unsaturated/α-hetero) is 4. The topological polar surface area (TPSA) is 251 Å². The van der Waals surface area contributed by atoms with E-state index in [9.17, 15) is 64.5 Å². The van der Waals surface area contributed by atoms with E-state index in [0.29, 0.717) is 14.3 Å². The maximum Gasteiger partial charge on any atom is 0.224 e. The van der Waals surface area contributed by atoms with Crippen molar-refractivity contribution in [3.63, 3.8) is 0 Å². The number of nitrogens with zero attached hydrogens (tertiary/aromatic N) is 2. The fourth-order valence-electron chi connectivity index (χ4n) is 5.75. The van der Waals surface area contributed by atoms with Crippen molar-refractivity contribution in [3.8, 4) is 0 Å². The highest BCUT2D eigenvalue weighted by Crippen LogP contribution is 2.41. The predicted octanol–water partition coefficient (Wildman–Crippen LogP) is 4.62. The van der Waals surface area contributed by atoms with E-state index in [2.05, 4.69) is 0 Å². The van der Waals surface area contributed by atoms with E-state index in [-0.39, 0.29) is 105 Å². The van der Waals surface area contributed by atoms with Gasteiger partial charge in [-0.3, -0.25) is 28.8 Å². The molecular weight excluding hydrogens is 1440 g/mol. The predicted molar refractivity (Wildman–Crippen MR) is 266 cm³/mol. The Morgan fingerprint density at radius 2 is 0.741 bits per heavy atom. The van der Waals surface area contributed by atoms with Crippen molar-refractivity contribution >= 4 is 182 Å². The summed E-state index contributed by atoms with van der Waals surface area (Å²) >= 11 is 11.4. The van der Waals surface area contributed by atoms with Gasteiger partial charge in [0.05, 0.1) is 56.0 Å². The summed E-state index contributed by atoms with van der Waals surface area (Å²) in [5.41, 5.74) is 0.762.